The van der Waals surface area contributed by atoms with Crippen LogP contribution in [0.15, 0.2) is 46.9 Å². The zero-order valence-corrected chi connectivity index (χ0v) is 10.8. The summed E-state index contributed by atoms with van der Waals surface area (Å²) in [7, 11) is 0. The quantitative estimate of drug-likeness (QED) is 0.578. The molecule has 0 aliphatic heterocycles. The minimum atomic E-state index is 0.435. The van der Waals surface area contributed by atoms with Crippen LogP contribution in [0.4, 0.5) is 12.0 Å². The number of nitrogens with zero attached hydrogens (tertiary/aromatic N) is 2. The van der Waals surface area contributed by atoms with Crippen LogP contribution in [0.5, 0.6) is 0 Å². The van der Waals surface area contributed by atoms with Gasteiger partial charge >= 0.3 is 6.01 Å². The van der Waals surface area contributed by atoms with Crippen molar-refractivity contribution in [2.24, 2.45) is 0 Å². The number of oxazole rings is 1. The fraction of sp³-hybridized carbons (Fsp3) is 0.0667. The summed E-state index contributed by atoms with van der Waals surface area (Å²) in [5.41, 5.74) is 4.63. The highest BCUT2D eigenvalue weighted by Crippen LogP contribution is 2.23. The number of hydrogen-bond acceptors (Lipinski definition) is 4. The predicted molar refractivity (Wildman–Crippen MR) is 78.1 cm³/mol. The number of hydrogen-bond donors (Lipinski definition) is 2. The summed E-state index contributed by atoms with van der Waals surface area (Å²) in [5, 5.41) is 3.06. The summed E-state index contributed by atoms with van der Waals surface area (Å²) in [4.78, 5) is 12.0. The van der Waals surface area contributed by atoms with E-state index >= 15 is 0 Å². The lowest BCUT2D eigenvalue weighted by Gasteiger charge is -1.93. The van der Waals surface area contributed by atoms with Crippen LogP contribution in [0, 0.1) is 6.92 Å². The van der Waals surface area contributed by atoms with Crippen LogP contribution in [0.2, 0.25) is 0 Å². The van der Waals surface area contributed by atoms with Gasteiger partial charge in [0.1, 0.15) is 5.52 Å². The molecule has 4 rings (SSSR count). The zero-order valence-electron chi connectivity index (χ0n) is 10.8. The highest BCUT2D eigenvalue weighted by molar-refractivity contribution is 5.79. The van der Waals surface area contributed by atoms with E-state index in [0.717, 1.165) is 27.7 Å². The first-order valence-electron chi connectivity index (χ1n) is 6.37. The number of aromatic amines is 1. The Bertz CT molecular complexity index is 873. The Balaban J connectivity index is 1.72. The van der Waals surface area contributed by atoms with Gasteiger partial charge in [0, 0.05) is 0 Å². The monoisotopic (exact) mass is 264 g/mol. The van der Waals surface area contributed by atoms with E-state index < -0.39 is 0 Å². The first kappa shape index (κ1) is 11.0. The second kappa shape index (κ2) is 4.09. The number of H-pyrrole nitrogens is 1. The second-order valence-corrected chi connectivity index (χ2v) is 4.72. The van der Waals surface area contributed by atoms with E-state index in [1.165, 1.54) is 0 Å². The molecule has 0 spiro atoms. The maximum atomic E-state index is 5.64. The van der Waals surface area contributed by atoms with Crippen LogP contribution in [-0.2, 0) is 0 Å². The molecule has 0 bridgehead atoms. The largest absolute Gasteiger partial charge is 0.423 e. The Hall–Kier alpha value is -2.82. The molecule has 0 aliphatic carbocycles. The maximum absolute atomic E-state index is 5.64. The standard InChI is InChI=1S/C15H12N4O/c1-9-6-7-13-12(8-9)18-15(20-13)19-14-16-10-4-2-3-5-11(10)17-14/h2-8H,1H3,(H2,16,17,18,19). The minimum absolute atomic E-state index is 0.435. The molecule has 5 nitrogen and oxygen atoms in total. The molecule has 0 amide bonds. The molecule has 4 aromatic rings. The topological polar surface area (TPSA) is 66.7 Å². The first-order chi connectivity index (χ1) is 9.78. The van der Waals surface area contributed by atoms with Crippen molar-refractivity contribution in [1.29, 1.82) is 0 Å². The Morgan fingerprint density at radius 3 is 2.85 bits per heavy atom. The van der Waals surface area contributed by atoms with E-state index in [4.69, 9.17) is 4.42 Å². The fourth-order valence-corrected chi connectivity index (χ4v) is 2.20. The van der Waals surface area contributed by atoms with Gasteiger partial charge in [-0.1, -0.05) is 18.2 Å². The molecule has 20 heavy (non-hydrogen) atoms. The summed E-state index contributed by atoms with van der Waals surface area (Å²) in [5.74, 6) is 0.620. The Morgan fingerprint density at radius 2 is 1.95 bits per heavy atom. The number of para-hydroxylation sites is 2. The number of anilines is 2. The van der Waals surface area contributed by atoms with Crippen LogP contribution >= 0.6 is 0 Å². The average Bonchev–Trinajstić information content (AvgIpc) is 3.00. The number of rotatable bonds is 2. The minimum Gasteiger partial charge on any atom is -0.423 e. The maximum Gasteiger partial charge on any atom is 0.302 e. The molecule has 98 valence electrons. The lowest BCUT2D eigenvalue weighted by molar-refractivity contribution is 0.622. The summed E-state index contributed by atoms with van der Waals surface area (Å²) >= 11 is 0. The van der Waals surface area contributed by atoms with Gasteiger partial charge in [-0.25, -0.2) is 4.98 Å². The smallest absolute Gasteiger partial charge is 0.302 e. The van der Waals surface area contributed by atoms with Crippen LogP contribution in [0.3, 0.4) is 0 Å². The van der Waals surface area contributed by atoms with E-state index in [1.54, 1.807) is 0 Å². The van der Waals surface area contributed by atoms with Crippen molar-refractivity contribution >= 4 is 34.1 Å². The van der Waals surface area contributed by atoms with Gasteiger partial charge in [0.15, 0.2) is 5.58 Å². The average molecular weight is 264 g/mol. The normalized spacial score (nSPS) is 11.2. The van der Waals surface area contributed by atoms with Gasteiger partial charge in [-0.05, 0) is 36.8 Å². The molecule has 0 saturated carbocycles. The third-order valence-corrected chi connectivity index (χ3v) is 3.16. The van der Waals surface area contributed by atoms with Crippen LogP contribution in [0.1, 0.15) is 5.56 Å². The van der Waals surface area contributed by atoms with Gasteiger partial charge in [-0.2, -0.15) is 4.98 Å². The van der Waals surface area contributed by atoms with Gasteiger partial charge in [0.05, 0.1) is 11.0 Å². The number of imidazole rings is 1. The van der Waals surface area contributed by atoms with Gasteiger partial charge in [0.2, 0.25) is 5.95 Å². The van der Waals surface area contributed by atoms with Crippen molar-refractivity contribution in [3.63, 3.8) is 0 Å². The van der Waals surface area contributed by atoms with Crippen LogP contribution in [-0.4, -0.2) is 15.0 Å². The molecule has 0 saturated heterocycles. The van der Waals surface area contributed by atoms with Gasteiger partial charge in [-0.15, -0.1) is 0 Å². The Kier molecular flexibility index (Phi) is 2.26. The number of benzene rings is 2. The second-order valence-electron chi connectivity index (χ2n) is 4.72. The molecule has 0 radical (unpaired) electrons. The number of fused-ring (bicyclic) bond motifs is 2. The van der Waals surface area contributed by atoms with E-state index in [2.05, 4.69) is 20.3 Å². The van der Waals surface area contributed by atoms with Crippen molar-refractivity contribution in [2.45, 2.75) is 6.92 Å². The molecular formula is C15H12N4O. The van der Waals surface area contributed by atoms with Crippen molar-refractivity contribution in [3.05, 3.63) is 48.0 Å². The summed E-state index contributed by atoms with van der Waals surface area (Å²) in [6.45, 7) is 2.03. The first-order valence-corrected chi connectivity index (χ1v) is 6.37. The number of aryl methyl sites for hydroxylation is 1. The third-order valence-electron chi connectivity index (χ3n) is 3.16. The molecule has 0 atom stereocenters. The van der Waals surface area contributed by atoms with Crippen LogP contribution in [0.25, 0.3) is 22.1 Å². The molecule has 0 aliphatic rings. The molecule has 0 unspecified atom stereocenters. The molecule has 2 heterocycles. The Morgan fingerprint density at radius 1 is 1.05 bits per heavy atom. The van der Waals surface area contributed by atoms with Gasteiger partial charge < -0.3 is 9.40 Å². The summed E-state index contributed by atoms with van der Waals surface area (Å²) < 4.78 is 5.64. The molecule has 2 aromatic heterocycles. The SMILES string of the molecule is Cc1ccc2oc(Nc3nc4ccccc4[nH]3)nc2c1. The molecule has 0 fully saturated rings. The Labute approximate surface area is 114 Å². The van der Waals surface area contributed by atoms with E-state index in [0.29, 0.717) is 12.0 Å². The fourth-order valence-electron chi connectivity index (χ4n) is 2.20. The number of nitrogens with one attached hydrogen (secondary N) is 2. The summed E-state index contributed by atoms with van der Waals surface area (Å²) in [6.07, 6.45) is 0. The van der Waals surface area contributed by atoms with Gasteiger partial charge in [0.25, 0.3) is 0 Å². The van der Waals surface area contributed by atoms with Crippen molar-refractivity contribution in [3.8, 4) is 0 Å². The molecular weight excluding hydrogens is 252 g/mol. The lowest BCUT2D eigenvalue weighted by atomic mass is 10.2. The highest BCUT2D eigenvalue weighted by Gasteiger charge is 2.08. The van der Waals surface area contributed by atoms with E-state index in [1.807, 2.05) is 49.4 Å². The number of aromatic nitrogens is 3. The third kappa shape index (κ3) is 1.80. The molecule has 2 aromatic carbocycles. The molecule has 5 heteroatoms. The highest BCUT2D eigenvalue weighted by atomic mass is 16.4. The predicted octanol–water partition coefficient (Wildman–Crippen LogP) is 3.76. The van der Waals surface area contributed by atoms with E-state index in [-0.39, 0.29) is 0 Å². The lowest BCUT2D eigenvalue weighted by Crippen LogP contribution is -1.91. The van der Waals surface area contributed by atoms with E-state index in [9.17, 15) is 0 Å². The summed E-state index contributed by atoms with van der Waals surface area (Å²) in [6, 6.07) is 14.2. The van der Waals surface area contributed by atoms with Crippen molar-refractivity contribution in [1.82, 2.24) is 15.0 Å². The van der Waals surface area contributed by atoms with Crippen molar-refractivity contribution in [2.75, 3.05) is 5.32 Å². The van der Waals surface area contributed by atoms with Gasteiger partial charge in [-0.3, -0.25) is 5.32 Å². The van der Waals surface area contributed by atoms with Crippen LogP contribution < -0.4 is 5.32 Å². The van der Waals surface area contributed by atoms with Crippen molar-refractivity contribution < 1.29 is 4.42 Å². The zero-order chi connectivity index (χ0) is 13.5. The molecule has 2 N–H and O–H groups in total.